The van der Waals surface area contributed by atoms with Crippen LogP contribution in [0.4, 0.5) is 0 Å². The highest BCUT2D eigenvalue weighted by Crippen LogP contribution is 1.72. The van der Waals surface area contributed by atoms with E-state index >= 15 is 0 Å². The standard InChI is InChI=1S/C6H10O.C3H9Si/c1-3-5-7-6-4-2;1-4(2)3/h3-4H,1-2,5-6H2;1-3H3. The minimum absolute atomic E-state index is 0.120. The van der Waals surface area contributed by atoms with Crippen LogP contribution in [0.1, 0.15) is 0 Å². The number of hydrogen-bond acceptors (Lipinski definition) is 1. The molecule has 0 rings (SSSR count). The van der Waals surface area contributed by atoms with Gasteiger partial charge in [0.15, 0.2) is 0 Å². The second-order valence-corrected chi connectivity index (χ2v) is 5.61. The lowest BCUT2D eigenvalue weighted by Gasteiger charge is -1.89. The molecule has 0 amide bonds. The van der Waals surface area contributed by atoms with Crippen LogP contribution < -0.4 is 0 Å². The Morgan fingerprint density at radius 2 is 1.36 bits per heavy atom. The van der Waals surface area contributed by atoms with Crippen LogP contribution in [0.25, 0.3) is 0 Å². The first-order valence-corrected chi connectivity index (χ1v) is 6.71. The van der Waals surface area contributed by atoms with E-state index in [1.54, 1.807) is 12.2 Å². The van der Waals surface area contributed by atoms with Gasteiger partial charge in [-0.3, -0.25) is 0 Å². The van der Waals surface area contributed by atoms with Crippen LogP contribution in [0.3, 0.4) is 0 Å². The van der Waals surface area contributed by atoms with E-state index in [-0.39, 0.29) is 8.80 Å². The maximum atomic E-state index is 4.90. The highest BCUT2D eigenvalue weighted by atomic mass is 28.3. The van der Waals surface area contributed by atoms with Gasteiger partial charge in [-0.15, -0.1) is 13.2 Å². The molecule has 0 heterocycles. The van der Waals surface area contributed by atoms with E-state index < -0.39 is 0 Å². The summed E-state index contributed by atoms with van der Waals surface area (Å²) in [5.41, 5.74) is 0. The highest BCUT2D eigenvalue weighted by Gasteiger charge is 1.72. The fourth-order valence-corrected chi connectivity index (χ4v) is 0.235. The maximum absolute atomic E-state index is 4.90. The van der Waals surface area contributed by atoms with Gasteiger partial charge in [0, 0.05) is 8.80 Å². The van der Waals surface area contributed by atoms with Crippen LogP contribution in [0, 0.1) is 0 Å². The van der Waals surface area contributed by atoms with Crippen LogP contribution >= 0.6 is 0 Å². The van der Waals surface area contributed by atoms with Gasteiger partial charge in [-0.05, 0) is 0 Å². The van der Waals surface area contributed by atoms with Crippen molar-refractivity contribution in [2.45, 2.75) is 19.6 Å². The Hall–Kier alpha value is -0.343. The highest BCUT2D eigenvalue weighted by molar-refractivity contribution is 6.54. The molecule has 0 aliphatic heterocycles. The molecule has 0 aliphatic rings. The Kier molecular flexibility index (Phi) is 14.9. The summed E-state index contributed by atoms with van der Waals surface area (Å²) in [5, 5.41) is 0. The third-order valence-corrected chi connectivity index (χ3v) is 0.471. The first-order chi connectivity index (χ1) is 5.15. The van der Waals surface area contributed by atoms with Crippen molar-refractivity contribution >= 4 is 8.80 Å². The summed E-state index contributed by atoms with van der Waals surface area (Å²) in [6, 6.07) is 0. The first-order valence-electron chi connectivity index (χ1n) is 3.71. The zero-order valence-electron chi connectivity index (χ0n) is 7.89. The van der Waals surface area contributed by atoms with Crippen molar-refractivity contribution in [1.29, 1.82) is 0 Å². The number of ether oxygens (including phenoxy) is 1. The third kappa shape index (κ3) is 42.3. The van der Waals surface area contributed by atoms with Crippen LogP contribution in [-0.4, -0.2) is 22.0 Å². The average Bonchev–Trinajstić information content (AvgIpc) is 1.88. The Morgan fingerprint density at radius 3 is 1.55 bits per heavy atom. The molecule has 0 saturated carbocycles. The molecule has 0 spiro atoms. The molecular formula is C9H19OSi. The molecule has 0 unspecified atom stereocenters. The van der Waals surface area contributed by atoms with Crippen molar-refractivity contribution in [2.75, 3.05) is 13.2 Å². The van der Waals surface area contributed by atoms with Gasteiger partial charge in [-0.2, -0.15) is 0 Å². The topological polar surface area (TPSA) is 9.23 Å². The van der Waals surface area contributed by atoms with Gasteiger partial charge < -0.3 is 4.74 Å². The summed E-state index contributed by atoms with van der Waals surface area (Å²) in [6.07, 6.45) is 3.42. The Bertz CT molecular complexity index is 78.8. The molecule has 0 N–H and O–H groups in total. The summed E-state index contributed by atoms with van der Waals surface area (Å²) < 4.78 is 4.90. The van der Waals surface area contributed by atoms with E-state index in [1.807, 2.05) is 0 Å². The van der Waals surface area contributed by atoms with Gasteiger partial charge in [-0.1, -0.05) is 31.8 Å². The zero-order valence-corrected chi connectivity index (χ0v) is 8.89. The maximum Gasteiger partial charge on any atom is 0.0649 e. The lowest BCUT2D eigenvalue weighted by Crippen LogP contribution is -1.87. The molecule has 65 valence electrons. The molecule has 0 aromatic rings. The monoisotopic (exact) mass is 171 g/mol. The van der Waals surface area contributed by atoms with E-state index in [4.69, 9.17) is 4.74 Å². The largest absolute Gasteiger partial charge is 0.373 e. The van der Waals surface area contributed by atoms with E-state index in [0.29, 0.717) is 13.2 Å². The lowest BCUT2D eigenvalue weighted by molar-refractivity contribution is 0.194. The molecule has 1 radical (unpaired) electrons. The number of rotatable bonds is 4. The van der Waals surface area contributed by atoms with Crippen molar-refractivity contribution in [3.05, 3.63) is 25.3 Å². The van der Waals surface area contributed by atoms with E-state index in [9.17, 15) is 0 Å². The SMILES string of the molecule is C=CCOCC=C.C[Si](C)C. The van der Waals surface area contributed by atoms with Crippen molar-refractivity contribution in [3.8, 4) is 0 Å². The van der Waals surface area contributed by atoms with E-state index in [2.05, 4.69) is 32.8 Å². The molecule has 1 nitrogen and oxygen atoms in total. The summed E-state index contributed by atoms with van der Waals surface area (Å²) in [5.74, 6) is 0. The fourth-order valence-electron chi connectivity index (χ4n) is 0.235. The summed E-state index contributed by atoms with van der Waals surface area (Å²) in [4.78, 5) is 0. The summed E-state index contributed by atoms with van der Waals surface area (Å²) in [7, 11) is 0.120. The predicted octanol–water partition coefficient (Wildman–Crippen LogP) is 2.75. The van der Waals surface area contributed by atoms with Crippen LogP contribution in [0.15, 0.2) is 25.3 Å². The molecule has 0 bridgehead atoms. The van der Waals surface area contributed by atoms with Crippen molar-refractivity contribution < 1.29 is 4.74 Å². The van der Waals surface area contributed by atoms with E-state index in [1.165, 1.54) is 0 Å². The minimum atomic E-state index is 0.120. The molecule has 0 aliphatic carbocycles. The van der Waals surface area contributed by atoms with Gasteiger partial charge in [0.1, 0.15) is 0 Å². The average molecular weight is 171 g/mol. The van der Waals surface area contributed by atoms with Gasteiger partial charge in [0.2, 0.25) is 0 Å². The third-order valence-electron chi connectivity index (χ3n) is 0.471. The van der Waals surface area contributed by atoms with Crippen molar-refractivity contribution in [3.63, 3.8) is 0 Å². The molecule has 0 atom stereocenters. The number of hydrogen-bond donors (Lipinski definition) is 0. The lowest BCUT2D eigenvalue weighted by atomic mass is 10.6. The Morgan fingerprint density at radius 1 is 1.09 bits per heavy atom. The normalized spacial score (nSPS) is 8.36. The quantitative estimate of drug-likeness (QED) is 0.359. The molecule has 2 heteroatoms. The summed E-state index contributed by atoms with van der Waals surface area (Å²) in [6.45, 7) is 15.0. The van der Waals surface area contributed by atoms with Crippen molar-refractivity contribution in [2.24, 2.45) is 0 Å². The van der Waals surface area contributed by atoms with Gasteiger partial charge in [-0.25, -0.2) is 0 Å². The van der Waals surface area contributed by atoms with Gasteiger partial charge >= 0.3 is 0 Å². The molecule has 0 fully saturated rings. The Balaban J connectivity index is 0. The fraction of sp³-hybridized carbons (Fsp3) is 0.556. The zero-order chi connectivity index (χ0) is 9.11. The molecule has 0 saturated heterocycles. The molecule has 11 heavy (non-hydrogen) atoms. The van der Waals surface area contributed by atoms with Gasteiger partial charge in [0.25, 0.3) is 0 Å². The smallest absolute Gasteiger partial charge is 0.0649 e. The molecule has 0 aromatic heterocycles. The second kappa shape index (κ2) is 12.3. The predicted molar refractivity (Wildman–Crippen MR) is 54.6 cm³/mol. The van der Waals surface area contributed by atoms with Crippen LogP contribution in [0.5, 0.6) is 0 Å². The van der Waals surface area contributed by atoms with Crippen LogP contribution in [-0.2, 0) is 4.74 Å². The Labute approximate surface area is 72.4 Å². The summed E-state index contributed by atoms with van der Waals surface area (Å²) >= 11 is 0. The van der Waals surface area contributed by atoms with E-state index in [0.717, 1.165) is 0 Å². The molecule has 0 aromatic carbocycles. The van der Waals surface area contributed by atoms with Crippen molar-refractivity contribution in [1.82, 2.24) is 0 Å². The van der Waals surface area contributed by atoms with Crippen LogP contribution in [0.2, 0.25) is 19.6 Å². The van der Waals surface area contributed by atoms with Gasteiger partial charge in [0.05, 0.1) is 13.2 Å². The first kappa shape index (κ1) is 13.3. The second-order valence-electron chi connectivity index (χ2n) is 2.61. The minimum Gasteiger partial charge on any atom is -0.373 e. The molecular weight excluding hydrogens is 152 g/mol.